The molecule has 1 saturated heterocycles. The van der Waals surface area contributed by atoms with E-state index in [0.29, 0.717) is 22.6 Å². The third-order valence-electron chi connectivity index (χ3n) is 4.82. The summed E-state index contributed by atoms with van der Waals surface area (Å²) in [5.74, 6) is 0.667. The number of rotatable bonds is 3. The molecule has 104 valence electrons. The summed E-state index contributed by atoms with van der Waals surface area (Å²) >= 11 is 12.0. The molecule has 2 atom stereocenters. The summed E-state index contributed by atoms with van der Waals surface area (Å²) in [4.78, 5) is 2.44. The van der Waals surface area contributed by atoms with Gasteiger partial charge in [0.05, 0.1) is 16.7 Å². The van der Waals surface area contributed by atoms with Crippen LogP contribution in [0.15, 0.2) is 18.2 Å². The molecule has 1 aliphatic heterocycles. The van der Waals surface area contributed by atoms with Crippen LogP contribution in [0.2, 0.25) is 10.0 Å². The van der Waals surface area contributed by atoms with E-state index in [9.17, 15) is 5.11 Å². The standard InChI is InChI=1S/C15H19Cl2NO/c16-13-4-3-11(6-14(13)17)7-18-8-12-2-1-5-15(12,9-18)10-19/h3-4,6,12,19H,1-2,5,7-10H2/t12-,15+/m0/s1. The minimum Gasteiger partial charge on any atom is -0.396 e. The van der Waals surface area contributed by atoms with Gasteiger partial charge < -0.3 is 5.11 Å². The van der Waals surface area contributed by atoms with Crippen molar-refractivity contribution in [1.29, 1.82) is 0 Å². The number of hydrogen-bond donors (Lipinski definition) is 1. The zero-order chi connectivity index (χ0) is 13.5. The molecule has 4 heteroatoms. The van der Waals surface area contributed by atoms with Crippen LogP contribution in [0, 0.1) is 11.3 Å². The lowest BCUT2D eigenvalue weighted by molar-refractivity contribution is 0.111. The van der Waals surface area contributed by atoms with E-state index < -0.39 is 0 Å². The zero-order valence-corrected chi connectivity index (χ0v) is 12.4. The zero-order valence-electron chi connectivity index (χ0n) is 10.9. The normalized spacial score (nSPS) is 30.8. The topological polar surface area (TPSA) is 23.5 Å². The van der Waals surface area contributed by atoms with E-state index in [1.807, 2.05) is 18.2 Å². The highest BCUT2D eigenvalue weighted by Gasteiger charge is 2.48. The molecule has 2 aliphatic rings. The molecule has 0 amide bonds. The highest BCUT2D eigenvalue weighted by molar-refractivity contribution is 6.42. The first-order valence-corrected chi connectivity index (χ1v) is 7.66. The predicted molar refractivity (Wildman–Crippen MR) is 78.6 cm³/mol. The van der Waals surface area contributed by atoms with Crippen LogP contribution >= 0.6 is 23.2 Å². The predicted octanol–water partition coefficient (Wildman–Crippen LogP) is 3.59. The van der Waals surface area contributed by atoms with Gasteiger partial charge in [-0.25, -0.2) is 0 Å². The Kier molecular flexibility index (Phi) is 3.78. The van der Waals surface area contributed by atoms with Crippen LogP contribution in [0.3, 0.4) is 0 Å². The first-order valence-electron chi connectivity index (χ1n) is 6.90. The second-order valence-electron chi connectivity index (χ2n) is 6.03. The van der Waals surface area contributed by atoms with E-state index in [1.165, 1.54) is 24.8 Å². The summed E-state index contributed by atoms with van der Waals surface area (Å²) < 4.78 is 0. The quantitative estimate of drug-likeness (QED) is 0.922. The summed E-state index contributed by atoms with van der Waals surface area (Å²) in [6.07, 6.45) is 3.70. The van der Waals surface area contributed by atoms with Crippen LogP contribution in [-0.4, -0.2) is 29.7 Å². The molecular formula is C15H19Cl2NO. The largest absolute Gasteiger partial charge is 0.396 e. The summed E-state index contributed by atoms with van der Waals surface area (Å²) in [5.41, 5.74) is 1.36. The number of halogens is 2. The summed E-state index contributed by atoms with van der Waals surface area (Å²) in [7, 11) is 0. The lowest BCUT2D eigenvalue weighted by atomic mass is 9.82. The van der Waals surface area contributed by atoms with Crippen molar-refractivity contribution in [2.24, 2.45) is 11.3 Å². The van der Waals surface area contributed by atoms with Crippen molar-refractivity contribution >= 4 is 23.2 Å². The minimum atomic E-state index is 0.163. The Labute approximate surface area is 124 Å². The molecule has 0 radical (unpaired) electrons. The van der Waals surface area contributed by atoms with Crippen molar-refractivity contribution in [1.82, 2.24) is 4.90 Å². The monoisotopic (exact) mass is 299 g/mol. The lowest BCUT2D eigenvalue weighted by Crippen LogP contribution is -2.30. The molecule has 1 heterocycles. The number of fused-ring (bicyclic) bond motifs is 1. The molecule has 0 aromatic heterocycles. The van der Waals surface area contributed by atoms with E-state index in [-0.39, 0.29) is 5.41 Å². The molecular weight excluding hydrogens is 281 g/mol. The van der Waals surface area contributed by atoms with Crippen LogP contribution in [0.4, 0.5) is 0 Å². The number of aliphatic hydroxyl groups is 1. The second kappa shape index (κ2) is 5.25. The number of hydrogen-bond acceptors (Lipinski definition) is 2. The van der Waals surface area contributed by atoms with E-state index in [2.05, 4.69) is 4.90 Å². The molecule has 1 aromatic rings. The van der Waals surface area contributed by atoms with Gasteiger partial charge in [-0.2, -0.15) is 0 Å². The minimum absolute atomic E-state index is 0.163. The maximum atomic E-state index is 9.73. The fourth-order valence-corrected chi connectivity index (χ4v) is 4.12. The van der Waals surface area contributed by atoms with Crippen molar-refractivity contribution in [3.8, 4) is 0 Å². The summed E-state index contributed by atoms with van der Waals surface area (Å²) in [6.45, 7) is 3.33. The number of benzene rings is 1. The molecule has 1 saturated carbocycles. The first-order chi connectivity index (χ1) is 9.13. The van der Waals surface area contributed by atoms with Gasteiger partial charge in [-0.05, 0) is 36.5 Å². The highest BCUT2D eigenvalue weighted by atomic mass is 35.5. The van der Waals surface area contributed by atoms with Gasteiger partial charge in [0.25, 0.3) is 0 Å². The Morgan fingerprint density at radius 2 is 2.16 bits per heavy atom. The van der Waals surface area contributed by atoms with Crippen LogP contribution in [0.25, 0.3) is 0 Å². The smallest absolute Gasteiger partial charge is 0.0595 e. The number of likely N-dealkylation sites (tertiary alicyclic amines) is 1. The Morgan fingerprint density at radius 3 is 2.84 bits per heavy atom. The molecule has 19 heavy (non-hydrogen) atoms. The van der Waals surface area contributed by atoms with Crippen molar-refractivity contribution in [3.63, 3.8) is 0 Å². The third-order valence-corrected chi connectivity index (χ3v) is 5.55. The maximum Gasteiger partial charge on any atom is 0.0595 e. The fourth-order valence-electron chi connectivity index (χ4n) is 3.80. The van der Waals surface area contributed by atoms with Crippen molar-refractivity contribution in [3.05, 3.63) is 33.8 Å². The van der Waals surface area contributed by atoms with Crippen molar-refractivity contribution in [2.75, 3.05) is 19.7 Å². The van der Waals surface area contributed by atoms with E-state index in [4.69, 9.17) is 23.2 Å². The summed E-state index contributed by atoms with van der Waals surface area (Å²) in [5, 5.41) is 11.0. The van der Waals surface area contributed by atoms with Gasteiger partial charge in [-0.1, -0.05) is 35.7 Å². The average Bonchev–Trinajstić information content (AvgIpc) is 2.90. The van der Waals surface area contributed by atoms with Gasteiger partial charge in [0.2, 0.25) is 0 Å². The van der Waals surface area contributed by atoms with Gasteiger partial charge in [0, 0.05) is 25.0 Å². The molecule has 1 aromatic carbocycles. The molecule has 2 nitrogen and oxygen atoms in total. The van der Waals surface area contributed by atoms with Crippen LogP contribution in [0.1, 0.15) is 24.8 Å². The van der Waals surface area contributed by atoms with E-state index >= 15 is 0 Å². The Hall–Kier alpha value is -0.280. The first kappa shape index (κ1) is 13.7. The van der Waals surface area contributed by atoms with Crippen molar-refractivity contribution in [2.45, 2.75) is 25.8 Å². The Balaban J connectivity index is 1.70. The van der Waals surface area contributed by atoms with Crippen LogP contribution in [-0.2, 0) is 6.54 Å². The molecule has 3 rings (SSSR count). The van der Waals surface area contributed by atoms with Gasteiger partial charge in [0.15, 0.2) is 0 Å². The van der Waals surface area contributed by atoms with E-state index in [0.717, 1.165) is 19.6 Å². The molecule has 2 fully saturated rings. The highest BCUT2D eigenvalue weighted by Crippen LogP contribution is 2.48. The Morgan fingerprint density at radius 1 is 1.32 bits per heavy atom. The van der Waals surface area contributed by atoms with Gasteiger partial charge in [-0.15, -0.1) is 0 Å². The molecule has 1 N–H and O–H groups in total. The SMILES string of the molecule is OC[C@]12CCC[C@H]1CN(Cc1ccc(Cl)c(Cl)c1)C2. The summed E-state index contributed by atoms with van der Waals surface area (Å²) in [6, 6.07) is 5.84. The molecule has 1 aliphatic carbocycles. The third kappa shape index (κ3) is 2.52. The van der Waals surface area contributed by atoms with E-state index in [1.54, 1.807) is 0 Å². The molecule has 0 spiro atoms. The van der Waals surface area contributed by atoms with Gasteiger partial charge in [0.1, 0.15) is 0 Å². The van der Waals surface area contributed by atoms with Crippen LogP contribution < -0.4 is 0 Å². The maximum absolute atomic E-state index is 9.73. The van der Waals surface area contributed by atoms with Crippen LogP contribution in [0.5, 0.6) is 0 Å². The molecule has 0 bridgehead atoms. The lowest BCUT2D eigenvalue weighted by Gasteiger charge is -2.26. The molecule has 0 unspecified atom stereocenters. The number of aliphatic hydroxyl groups excluding tert-OH is 1. The number of nitrogens with zero attached hydrogens (tertiary/aromatic N) is 1. The second-order valence-corrected chi connectivity index (χ2v) is 6.84. The van der Waals surface area contributed by atoms with Gasteiger partial charge >= 0.3 is 0 Å². The van der Waals surface area contributed by atoms with Gasteiger partial charge in [-0.3, -0.25) is 4.90 Å². The fraction of sp³-hybridized carbons (Fsp3) is 0.600. The average molecular weight is 300 g/mol. The van der Waals surface area contributed by atoms with Crippen molar-refractivity contribution < 1.29 is 5.11 Å². The Bertz CT molecular complexity index is 479.